The summed E-state index contributed by atoms with van der Waals surface area (Å²) < 4.78 is 5.60. The third-order valence-corrected chi connectivity index (χ3v) is 9.06. The number of nitrogens with one attached hydrogen (secondary N) is 1. The summed E-state index contributed by atoms with van der Waals surface area (Å²) in [6, 6.07) is 26.7. The van der Waals surface area contributed by atoms with Crippen molar-refractivity contribution in [2.45, 2.75) is 56.7 Å². The second-order valence-corrected chi connectivity index (χ2v) is 12.1. The Hall–Kier alpha value is -4.50. The number of hydrogen-bond acceptors (Lipinski definition) is 6. The number of hydrogen-bond donors (Lipinski definition) is 1. The van der Waals surface area contributed by atoms with Crippen molar-refractivity contribution in [2.75, 3.05) is 26.2 Å². The Bertz CT molecular complexity index is 1420. The summed E-state index contributed by atoms with van der Waals surface area (Å²) in [6.45, 7) is 6.98. The molecule has 9 heteroatoms. The Morgan fingerprint density at radius 2 is 1.62 bits per heavy atom. The molecular formula is C36H42N4O5. The quantitative estimate of drug-likeness (QED) is 0.151. The van der Waals surface area contributed by atoms with Gasteiger partial charge in [-0.15, -0.1) is 6.58 Å². The lowest BCUT2D eigenvalue weighted by Gasteiger charge is -2.39. The zero-order valence-electron chi connectivity index (χ0n) is 25.6. The molecule has 3 aromatic rings. The van der Waals surface area contributed by atoms with Crippen molar-refractivity contribution in [3.63, 3.8) is 0 Å². The van der Waals surface area contributed by atoms with E-state index in [2.05, 4.69) is 41.1 Å². The van der Waals surface area contributed by atoms with E-state index in [1.807, 2.05) is 36.4 Å². The average molecular weight is 611 g/mol. The van der Waals surface area contributed by atoms with Crippen LogP contribution in [0.4, 0.5) is 10.5 Å². The molecule has 2 fully saturated rings. The first-order chi connectivity index (χ1) is 21.9. The van der Waals surface area contributed by atoms with Gasteiger partial charge in [-0.2, -0.15) is 0 Å². The monoisotopic (exact) mass is 610 g/mol. The maximum Gasteiger partial charge on any atom is 0.410 e. The van der Waals surface area contributed by atoms with Crippen molar-refractivity contribution in [1.29, 1.82) is 0 Å². The van der Waals surface area contributed by atoms with Crippen LogP contribution in [0, 0.1) is 16.0 Å². The Labute approximate surface area is 265 Å². The molecule has 0 radical (unpaired) electrons. The minimum atomic E-state index is -0.452. The van der Waals surface area contributed by atoms with Gasteiger partial charge in [0.2, 0.25) is 5.91 Å². The Kier molecular flexibility index (Phi) is 11.0. The number of ether oxygens (including phenoxy) is 1. The summed E-state index contributed by atoms with van der Waals surface area (Å²) in [5.41, 5.74) is 3.04. The molecule has 3 atom stereocenters. The molecule has 0 aromatic heterocycles. The maximum absolute atomic E-state index is 13.1. The molecule has 1 N–H and O–H groups in total. The highest BCUT2D eigenvalue weighted by molar-refractivity contribution is 5.78. The lowest BCUT2D eigenvalue weighted by molar-refractivity contribution is -0.384. The van der Waals surface area contributed by atoms with Crippen LogP contribution in [0.1, 0.15) is 48.3 Å². The van der Waals surface area contributed by atoms with Gasteiger partial charge >= 0.3 is 6.09 Å². The van der Waals surface area contributed by atoms with Crippen molar-refractivity contribution in [3.8, 4) is 0 Å². The zero-order chi connectivity index (χ0) is 31.6. The molecule has 0 bridgehead atoms. The predicted octanol–water partition coefficient (Wildman–Crippen LogP) is 6.11. The van der Waals surface area contributed by atoms with Gasteiger partial charge < -0.3 is 19.9 Å². The molecule has 1 saturated heterocycles. The molecule has 9 nitrogen and oxygen atoms in total. The molecule has 3 aromatic carbocycles. The second-order valence-electron chi connectivity index (χ2n) is 12.1. The Morgan fingerprint density at radius 3 is 2.27 bits per heavy atom. The lowest BCUT2D eigenvalue weighted by atomic mass is 9.88. The number of nitro groups is 1. The fraction of sp³-hybridized carbons (Fsp3) is 0.389. The molecule has 0 unspecified atom stereocenters. The molecule has 5 rings (SSSR count). The molecule has 1 aliphatic carbocycles. The molecular weight excluding hydrogens is 568 g/mol. The van der Waals surface area contributed by atoms with Crippen LogP contribution in [-0.4, -0.2) is 65.0 Å². The predicted molar refractivity (Wildman–Crippen MR) is 174 cm³/mol. The fourth-order valence-corrected chi connectivity index (χ4v) is 6.81. The first-order valence-electron chi connectivity index (χ1n) is 15.8. The van der Waals surface area contributed by atoms with E-state index in [4.69, 9.17) is 4.74 Å². The first kappa shape index (κ1) is 31.9. The van der Waals surface area contributed by atoms with Crippen molar-refractivity contribution < 1.29 is 19.2 Å². The highest BCUT2D eigenvalue weighted by atomic mass is 16.6. The van der Waals surface area contributed by atoms with Crippen molar-refractivity contribution >= 4 is 17.7 Å². The van der Waals surface area contributed by atoms with Crippen LogP contribution >= 0.6 is 0 Å². The van der Waals surface area contributed by atoms with E-state index in [0.29, 0.717) is 30.4 Å². The normalized spacial score (nSPS) is 20.3. The van der Waals surface area contributed by atoms with Crippen LogP contribution in [0.3, 0.4) is 0 Å². The summed E-state index contributed by atoms with van der Waals surface area (Å²) in [5.74, 6) is 0.863. The fourth-order valence-electron chi connectivity index (χ4n) is 6.81. The minimum Gasteiger partial charge on any atom is -0.445 e. The van der Waals surface area contributed by atoms with Crippen LogP contribution in [0.25, 0.3) is 0 Å². The third-order valence-electron chi connectivity index (χ3n) is 9.06. The number of likely N-dealkylation sites (tertiary alicyclic amines) is 1. The topological polar surface area (TPSA) is 105 Å². The van der Waals surface area contributed by atoms with Crippen molar-refractivity contribution in [2.24, 2.45) is 5.92 Å². The number of carbonyl (C=O) groups excluding carboxylic acids is 2. The summed E-state index contributed by atoms with van der Waals surface area (Å²) in [4.78, 5) is 40.7. The van der Waals surface area contributed by atoms with Gasteiger partial charge in [-0.25, -0.2) is 4.79 Å². The highest BCUT2D eigenvalue weighted by Gasteiger charge is 2.38. The van der Waals surface area contributed by atoms with Crippen LogP contribution in [0.2, 0.25) is 0 Å². The number of amides is 2. The van der Waals surface area contributed by atoms with E-state index in [1.165, 1.54) is 17.7 Å². The third kappa shape index (κ3) is 8.79. The van der Waals surface area contributed by atoms with E-state index < -0.39 is 11.0 Å². The smallest absolute Gasteiger partial charge is 0.410 e. The van der Waals surface area contributed by atoms with Gasteiger partial charge in [-0.3, -0.25) is 14.9 Å². The number of rotatable bonds is 12. The van der Waals surface area contributed by atoms with Gasteiger partial charge in [0.25, 0.3) is 5.69 Å². The largest absolute Gasteiger partial charge is 0.445 e. The number of benzene rings is 3. The van der Waals surface area contributed by atoms with E-state index in [-0.39, 0.29) is 30.3 Å². The van der Waals surface area contributed by atoms with E-state index >= 15 is 0 Å². The lowest BCUT2D eigenvalue weighted by Crippen LogP contribution is -2.48. The molecule has 1 aliphatic heterocycles. The number of nitro benzene ring substituents is 1. The van der Waals surface area contributed by atoms with Gasteiger partial charge in [-0.05, 0) is 66.3 Å². The minimum absolute atomic E-state index is 0.00106. The average Bonchev–Trinajstić information content (AvgIpc) is 3.45. The van der Waals surface area contributed by atoms with Crippen molar-refractivity contribution in [1.82, 2.24) is 15.1 Å². The van der Waals surface area contributed by atoms with E-state index in [1.54, 1.807) is 23.1 Å². The Morgan fingerprint density at radius 1 is 0.956 bits per heavy atom. The standard InChI is InChI=1S/C36H42N4O5/c1-2-19-39(36(42)45-26-28-13-15-33(16-14-28)40(43)44)32-17-20-38(21-18-32)25-30-23-31(24-34(30)29-11-7-4-8-12-29)37-35(41)22-27-9-5-3-6-10-27/h2-16,30-32,34H,1,17-26H2,(H,37,41)/t30-,31+,34-/m1/s1. The SMILES string of the molecule is C=CCN(C(=O)OCc1ccc([N+](=O)[O-])cc1)C1CCN(C[C@H]2C[C@H](NC(=O)Cc3ccccc3)C[C@@H]2c2ccccc2)CC1. The number of nitrogens with zero attached hydrogens (tertiary/aromatic N) is 3. The number of piperidine rings is 1. The van der Waals surface area contributed by atoms with Gasteiger partial charge in [0.05, 0.1) is 11.3 Å². The summed E-state index contributed by atoms with van der Waals surface area (Å²) in [5, 5.41) is 14.2. The molecule has 236 valence electrons. The molecule has 1 heterocycles. The van der Waals surface area contributed by atoms with E-state index in [0.717, 1.165) is 50.9 Å². The summed E-state index contributed by atoms with van der Waals surface area (Å²) >= 11 is 0. The van der Waals surface area contributed by atoms with Gasteiger partial charge in [-0.1, -0.05) is 66.7 Å². The van der Waals surface area contributed by atoms with Gasteiger partial charge in [0.15, 0.2) is 0 Å². The van der Waals surface area contributed by atoms with Crippen LogP contribution < -0.4 is 5.32 Å². The second kappa shape index (κ2) is 15.5. The molecule has 0 spiro atoms. The molecule has 2 aliphatic rings. The molecule has 45 heavy (non-hydrogen) atoms. The van der Waals surface area contributed by atoms with Crippen LogP contribution in [0.5, 0.6) is 0 Å². The van der Waals surface area contributed by atoms with Gasteiger partial charge in [0, 0.05) is 50.4 Å². The summed E-state index contributed by atoms with van der Waals surface area (Å²) in [7, 11) is 0. The van der Waals surface area contributed by atoms with E-state index in [9.17, 15) is 19.7 Å². The van der Waals surface area contributed by atoms with Crippen molar-refractivity contribution in [3.05, 3.63) is 124 Å². The van der Waals surface area contributed by atoms with Crippen LogP contribution in [-0.2, 0) is 22.6 Å². The number of carbonyl (C=O) groups is 2. The zero-order valence-corrected chi connectivity index (χ0v) is 25.6. The number of non-ortho nitro benzene ring substituents is 1. The summed E-state index contributed by atoms with van der Waals surface area (Å²) in [6.07, 6.45) is 5.25. The van der Waals surface area contributed by atoms with Gasteiger partial charge in [0.1, 0.15) is 6.61 Å². The van der Waals surface area contributed by atoms with Crippen LogP contribution in [0.15, 0.2) is 97.6 Å². The molecule has 1 saturated carbocycles. The molecule has 2 amide bonds. The maximum atomic E-state index is 13.1. The Balaban J connectivity index is 1.15. The highest BCUT2D eigenvalue weighted by Crippen LogP contribution is 2.40. The first-order valence-corrected chi connectivity index (χ1v) is 15.8.